The fourth-order valence-corrected chi connectivity index (χ4v) is 2.26. The van der Waals surface area contributed by atoms with Gasteiger partial charge in [-0.05, 0) is 33.6 Å². The zero-order valence-corrected chi connectivity index (χ0v) is 12.1. The number of carbonyl (C=O) groups excluding carboxylic acids is 1. The largest absolute Gasteiger partial charge is 0.444 e. The van der Waals surface area contributed by atoms with Gasteiger partial charge < -0.3 is 10.1 Å². The van der Waals surface area contributed by atoms with Crippen molar-refractivity contribution in [1.29, 1.82) is 0 Å². The minimum Gasteiger partial charge on any atom is -0.444 e. The second kappa shape index (κ2) is 5.53. The van der Waals surface area contributed by atoms with Crippen LogP contribution in [-0.4, -0.2) is 32.7 Å². The van der Waals surface area contributed by atoms with Gasteiger partial charge in [0.05, 0.1) is 11.4 Å². The molecule has 1 aromatic rings. The zero-order valence-electron chi connectivity index (χ0n) is 12.1. The van der Waals surface area contributed by atoms with Gasteiger partial charge in [0.1, 0.15) is 12.1 Å². The summed E-state index contributed by atoms with van der Waals surface area (Å²) in [5.74, 6) is 2.56. The summed E-state index contributed by atoms with van der Waals surface area (Å²) in [7, 11) is 0. The van der Waals surface area contributed by atoms with E-state index in [1.807, 2.05) is 20.8 Å². The lowest BCUT2D eigenvalue weighted by Gasteiger charge is -2.25. The number of fused-ring (bicyclic) bond motifs is 1. The van der Waals surface area contributed by atoms with Gasteiger partial charge in [0.25, 0.3) is 0 Å². The van der Waals surface area contributed by atoms with Crippen molar-refractivity contribution in [3.8, 4) is 12.3 Å². The van der Waals surface area contributed by atoms with E-state index in [2.05, 4.69) is 21.5 Å². The van der Waals surface area contributed by atoms with Crippen LogP contribution in [-0.2, 0) is 24.1 Å². The number of carbonyl (C=O) groups is 1. The number of amides is 1. The maximum atomic E-state index is 11.7. The number of rotatable bonds is 2. The lowest BCUT2D eigenvalue weighted by molar-refractivity contribution is 0.0500. The second-order valence-corrected chi connectivity index (χ2v) is 5.93. The minimum atomic E-state index is -0.486. The first-order valence-corrected chi connectivity index (χ1v) is 6.73. The first kappa shape index (κ1) is 14.4. The molecule has 1 aromatic heterocycles. The van der Waals surface area contributed by atoms with Gasteiger partial charge >= 0.3 is 6.09 Å². The van der Waals surface area contributed by atoms with Crippen molar-refractivity contribution in [3.63, 3.8) is 0 Å². The highest BCUT2D eigenvalue weighted by molar-refractivity contribution is 5.68. The van der Waals surface area contributed by atoms with Gasteiger partial charge in [-0.25, -0.2) is 9.48 Å². The summed E-state index contributed by atoms with van der Waals surface area (Å²) in [6, 6.07) is 0.0355. The summed E-state index contributed by atoms with van der Waals surface area (Å²) < 4.78 is 7.00. The molecule has 1 aliphatic carbocycles. The first-order valence-electron chi connectivity index (χ1n) is 6.73. The van der Waals surface area contributed by atoms with Crippen LogP contribution in [0, 0.1) is 12.3 Å². The molecule has 20 heavy (non-hydrogen) atoms. The van der Waals surface area contributed by atoms with E-state index in [0.29, 0.717) is 13.0 Å². The molecule has 2 rings (SSSR count). The Morgan fingerprint density at radius 1 is 1.60 bits per heavy atom. The molecular weight excluding hydrogens is 256 g/mol. The molecule has 0 aromatic carbocycles. The van der Waals surface area contributed by atoms with Gasteiger partial charge in [0.15, 0.2) is 0 Å². The molecule has 1 amide bonds. The molecule has 0 bridgehead atoms. The monoisotopic (exact) mass is 276 g/mol. The van der Waals surface area contributed by atoms with E-state index in [0.717, 1.165) is 24.2 Å². The molecule has 1 atom stereocenters. The third-order valence-corrected chi connectivity index (χ3v) is 3.05. The first-order chi connectivity index (χ1) is 9.39. The summed E-state index contributed by atoms with van der Waals surface area (Å²) in [6.45, 7) is 5.97. The Hall–Kier alpha value is -2.03. The molecule has 108 valence electrons. The van der Waals surface area contributed by atoms with Crippen LogP contribution >= 0.6 is 0 Å². The lowest BCUT2D eigenvalue weighted by Crippen LogP contribution is -2.42. The minimum absolute atomic E-state index is 0.0355. The topological polar surface area (TPSA) is 69.0 Å². The van der Waals surface area contributed by atoms with Gasteiger partial charge in [-0.15, -0.1) is 11.5 Å². The molecule has 1 aliphatic rings. The predicted molar refractivity (Wildman–Crippen MR) is 74.0 cm³/mol. The normalized spacial score (nSPS) is 18.0. The Morgan fingerprint density at radius 2 is 2.35 bits per heavy atom. The molecule has 1 unspecified atom stereocenters. The molecule has 6 heteroatoms. The predicted octanol–water partition coefficient (Wildman–Crippen LogP) is 1.29. The molecule has 0 fully saturated rings. The van der Waals surface area contributed by atoms with E-state index in [-0.39, 0.29) is 12.1 Å². The number of nitrogens with one attached hydrogen (secondary N) is 1. The standard InChI is InChI=1S/C14H20N4O2/c1-5-8-18-12-7-6-10(9-11(12)16-17-18)15-13(19)20-14(2,3)4/h1,10H,6-9H2,2-4H3,(H,15,19). The van der Waals surface area contributed by atoms with Crippen LogP contribution in [0.1, 0.15) is 38.6 Å². The van der Waals surface area contributed by atoms with Crippen molar-refractivity contribution in [3.05, 3.63) is 11.4 Å². The van der Waals surface area contributed by atoms with Crippen LogP contribution in [0.15, 0.2) is 0 Å². The molecule has 0 spiro atoms. The zero-order chi connectivity index (χ0) is 14.8. The fraction of sp³-hybridized carbons (Fsp3) is 0.643. The van der Waals surface area contributed by atoms with Gasteiger partial charge in [-0.2, -0.15) is 0 Å². The van der Waals surface area contributed by atoms with E-state index in [4.69, 9.17) is 11.2 Å². The van der Waals surface area contributed by atoms with Crippen LogP contribution in [0.25, 0.3) is 0 Å². The molecule has 0 aliphatic heterocycles. The highest BCUT2D eigenvalue weighted by atomic mass is 16.6. The van der Waals surface area contributed by atoms with Crippen LogP contribution in [0.5, 0.6) is 0 Å². The maximum absolute atomic E-state index is 11.7. The van der Waals surface area contributed by atoms with Crippen LogP contribution in [0.2, 0.25) is 0 Å². The molecule has 0 radical (unpaired) electrons. The van der Waals surface area contributed by atoms with E-state index < -0.39 is 5.60 Å². The quantitative estimate of drug-likeness (QED) is 0.826. The van der Waals surface area contributed by atoms with Crippen LogP contribution < -0.4 is 5.32 Å². The number of nitrogens with zero attached hydrogens (tertiary/aromatic N) is 3. The Labute approximate surface area is 118 Å². The number of alkyl carbamates (subject to hydrolysis) is 1. The lowest BCUT2D eigenvalue weighted by atomic mass is 9.96. The van der Waals surface area contributed by atoms with Crippen molar-refractivity contribution >= 4 is 6.09 Å². The fourth-order valence-electron chi connectivity index (χ4n) is 2.26. The average molecular weight is 276 g/mol. The second-order valence-electron chi connectivity index (χ2n) is 5.93. The summed E-state index contributed by atoms with van der Waals surface area (Å²) in [5.41, 5.74) is 1.50. The highest BCUT2D eigenvalue weighted by Gasteiger charge is 2.26. The number of hydrogen-bond donors (Lipinski definition) is 1. The van der Waals surface area contributed by atoms with E-state index >= 15 is 0 Å². The Kier molecular flexibility index (Phi) is 3.98. The van der Waals surface area contributed by atoms with Crippen molar-refractivity contribution in [2.45, 2.75) is 58.2 Å². The van der Waals surface area contributed by atoms with Crippen molar-refractivity contribution in [1.82, 2.24) is 20.3 Å². The Balaban J connectivity index is 1.95. The van der Waals surface area contributed by atoms with Crippen molar-refractivity contribution < 1.29 is 9.53 Å². The maximum Gasteiger partial charge on any atom is 0.407 e. The van der Waals surface area contributed by atoms with Crippen LogP contribution in [0.4, 0.5) is 4.79 Å². The highest BCUT2D eigenvalue weighted by Crippen LogP contribution is 2.19. The van der Waals surface area contributed by atoms with Gasteiger partial charge in [0, 0.05) is 12.5 Å². The number of terminal acetylenes is 1. The number of ether oxygens (including phenoxy) is 1. The molecule has 0 saturated heterocycles. The third-order valence-electron chi connectivity index (χ3n) is 3.05. The molecule has 0 saturated carbocycles. The summed E-state index contributed by atoms with van der Waals surface area (Å²) in [6.07, 6.45) is 7.22. The van der Waals surface area contributed by atoms with Crippen molar-refractivity contribution in [2.75, 3.05) is 0 Å². The van der Waals surface area contributed by atoms with Gasteiger partial charge in [-0.1, -0.05) is 11.1 Å². The molecule has 6 nitrogen and oxygen atoms in total. The van der Waals surface area contributed by atoms with Crippen molar-refractivity contribution in [2.24, 2.45) is 0 Å². The summed E-state index contributed by atoms with van der Waals surface area (Å²) in [4.78, 5) is 11.7. The smallest absolute Gasteiger partial charge is 0.407 e. The van der Waals surface area contributed by atoms with Crippen LogP contribution in [0.3, 0.4) is 0 Å². The van der Waals surface area contributed by atoms with E-state index in [1.54, 1.807) is 4.68 Å². The van der Waals surface area contributed by atoms with Gasteiger partial charge in [0.2, 0.25) is 0 Å². The van der Waals surface area contributed by atoms with E-state index in [9.17, 15) is 4.79 Å². The van der Waals surface area contributed by atoms with Gasteiger partial charge in [-0.3, -0.25) is 0 Å². The molecule has 1 N–H and O–H groups in total. The van der Waals surface area contributed by atoms with E-state index in [1.165, 1.54) is 0 Å². The number of hydrogen-bond acceptors (Lipinski definition) is 4. The number of aromatic nitrogens is 3. The Bertz CT molecular complexity index is 536. The summed E-state index contributed by atoms with van der Waals surface area (Å²) in [5, 5.41) is 11.1. The average Bonchev–Trinajstić information content (AvgIpc) is 2.70. The SMILES string of the molecule is C#CCn1nnc2c1CCC(NC(=O)OC(C)(C)C)C2. The molecule has 1 heterocycles. The summed E-state index contributed by atoms with van der Waals surface area (Å²) >= 11 is 0. The molecular formula is C14H20N4O2. The Morgan fingerprint density at radius 3 is 3.00 bits per heavy atom. The third kappa shape index (κ3) is 3.50.